The van der Waals surface area contributed by atoms with E-state index >= 15 is 0 Å². The number of imidazole rings is 2. The molecule has 4 heteroatoms. The van der Waals surface area contributed by atoms with E-state index < -0.39 is 0 Å². The Labute approximate surface area is 109 Å². The molecule has 4 N–H and O–H groups in total. The van der Waals surface area contributed by atoms with Crippen LogP contribution in [0.15, 0.2) is 48.5 Å². The van der Waals surface area contributed by atoms with E-state index in [2.05, 4.69) is 44.2 Å². The molecule has 0 fully saturated rings. The topological polar surface area (TPSA) is 59.9 Å². The molecule has 2 aromatic heterocycles. The van der Waals surface area contributed by atoms with E-state index in [0.717, 1.165) is 40.1 Å². The highest BCUT2D eigenvalue weighted by molar-refractivity contribution is 5.71. The minimum Gasteiger partial charge on any atom is -0.240 e. The summed E-state index contributed by atoms with van der Waals surface area (Å²) in [6.07, 6.45) is 0.795. The Morgan fingerprint density at radius 2 is 1.16 bits per heavy atom. The van der Waals surface area contributed by atoms with Crippen LogP contribution in [0.25, 0.3) is 22.1 Å². The monoisotopic (exact) mass is 250 g/mol. The fourth-order valence-electron chi connectivity index (χ4n) is 2.47. The van der Waals surface area contributed by atoms with Crippen molar-refractivity contribution in [3.05, 3.63) is 60.2 Å². The van der Waals surface area contributed by atoms with Crippen molar-refractivity contribution in [3.8, 4) is 0 Å². The zero-order valence-corrected chi connectivity index (χ0v) is 10.3. The maximum absolute atomic E-state index is 3.39. The van der Waals surface area contributed by atoms with E-state index in [-0.39, 0.29) is 0 Å². The van der Waals surface area contributed by atoms with Gasteiger partial charge < -0.3 is 0 Å². The lowest BCUT2D eigenvalue weighted by molar-refractivity contribution is -0.375. The third-order valence-electron chi connectivity index (χ3n) is 3.35. The molecule has 92 valence electrons. The zero-order chi connectivity index (χ0) is 12.7. The lowest BCUT2D eigenvalue weighted by Crippen LogP contribution is -2.14. The van der Waals surface area contributed by atoms with Crippen molar-refractivity contribution in [3.63, 3.8) is 0 Å². The summed E-state index contributed by atoms with van der Waals surface area (Å²) < 4.78 is 0. The first kappa shape index (κ1) is 10.3. The maximum Gasteiger partial charge on any atom is 0.265 e. The molecule has 0 aliphatic carbocycles. The van der Waals surface area contributed by atoms with E-state index in [1.54, 1.807) is 0 Å². The van der Waals surface area contributed by atoms with Gasteiger partial charge in [0.05, 0.1) is 0 Å². The van der Waals surface area contributed by atoms with Crippen LogP contribution in [-0.2, 0) is 6.42 Å². The van der Waals surface area contributed by atoms with Gasteiger partial charge in [0.15, 0.2) is 28.5 Å². The first-order valence-corrected chi connectivity index (χ1v) is 6.36. The fraction of sp³-hybridized carbons (Fsp3) is 0.0667. The van der Waals surface area contributed by atoms with Crippen molar-refractivity contribution in [2.75, 3.05) is 0 Å². The number of fused-ring (bicyclic) bond motifs is 2. The number of nitrogens with one attached hydrogen (secondary N) is 4. The molecule has 2 aromatic carbocycles. The van der Waals surface area contributed by atoms with Crippen molar-refractivity contribution in [1.29, 1.82) is 0 Å². The first-order valence-electron chi connectivity index (χ1n) is 6.36. The molecular formula is C15H14N4+2. The van der Waals surface area contributed by atoms with Crippen molar-refractivity contribution < 1.29 is 9.97 Å². The third kappa shape index (κ3) is 1.78. The number of H-pyrrole nitrogens is 4. The first-order chi connectivity index (χ1) is 9.38. The predicted molar refractivity (Wildman–Crippen MR) is 72.5 cm³/mol. The minimum absolute atomic E-state index is 0.795. The Kier molecular flexibility index (Phi) is 2.14. The fourth-order valence-corrected chi connectivity index (χ4v) is 2.47. The lowest BCUT2D eigenvalue weighted by atomic mass is 10.3. The quantitative estimate of drug-likeness (QED) is 0.545. The van der Waals surface area contributed by atoms with Crippen LogP contribution in [0.2, 0.25) is 0 Å². The smallest absolute Gasteiger partial charge is 0.240 e. The number of benzene rings is 2. The van der Waals surface area contributed by atoms with Crippen LogP contribution < -0.4 is 9.97 Å². The Hall–Kier alpha value is -2.62. The van der Waals surface area contributed by atoms with Gasteiger partial charge in [0.1, 0.15) is 0 Å². The van der Waals surface area contributed by atoms with Crippen molar-refractivity contribution >= 4 is 22.1 Å². The normalized spacial score (nSPS) is 11.4. The van der Waals surface area contributed by atoms with E-state index in [0.29, 0.717) is 0 Å². The summed E-state index contributed by atoms with van der Waals surface area (Å²) >= 11 is 0. The van der Waals surface area contributed by atoms with E-state index in [4.69, 9.17) is 0 Å². The molecule has 2 heterocycles. The Morgan fingerprint density at radius 1 is 0.684 bits per heavy atom. The van der Waals surface area contributed by atoms with Gasteiger partial charge in [-0.25, -0.2) is 19.9 Å². The van der Waals surface area contributed by atoms with Crippen LogP contribution in [0.4, 0.5) is 0 Å². The Balaban J connectivity index is 1.73. The van der Waals surface area contributed by atoms with E-state index in [1.807, 2.05) is 24.3 Å². The highest BCUT2D eigenvalue weighted by Gasteiger charge is 2.16. The van der Waals surface area contributed by atoms with Crippen LogP contribution in [0.5, 0.6) is 0 Å². The van der Waals surface area contributed by atoms with Gasteiger partial charge in [0, 0.05) is 0 Å². The summed E-state index contributed by atoms with van der Waals surface area (Å²) in [5.41, 5.74) is 4.53. The second-order valence-electron chi connectivity index (χ2n) is 4.73. The molecule has 19 heavy (non-hydrogen) atoms. The second kappa shape index (κ2) is 3.95. The number of aromatic amines is 4. The summed E-state index contributed by atoms with van der Waals surface area (Å²) in [5, 5.41) is 0. The van der Waals surface area contributed by atoms with Gasteiger partial charge in [-0.2, -0.15) is 0 Å². The summed E-state index contributed by atoms with van der Waals surface area (Å²) in [5.74, 6) is 2.17. The predicted octanol–water partition coefficient (Wildman–Crippen LogP) is 1.87. The zero-order valence-electron chi connectivity index (χ0n) is 10.3. The number of hydrogen-bond donors (Lipinski definition) is 2. The van der Waals surface area contributed by atoms with Crippen molar-refractivity contribution in [1.82, 2.24) is 9.97 Å². The van der Waals surface area contributed by atoms with Crippen molar-refractivity contribution in [2.45, 2.75) is 6.42 Å². The molecule has 4 nitrogen and oxygen atoms in total. The summed E-state index contributed by atoms with van der Waals surface area (Å²) in [6.45, 7) is 0. The van der Waals surface area contributed by atoms with Gasteiger partial charge in [-0.15, -0.1) is 0 Å². The van der Waals surface area contributed by atoms with Crippen LogP contribution in [0.1, 0.15) is 11.6 Å². The molecule has 0 amide bonds. The molecule has 0 aliphatic rings. The summed E-state index contributed by atoms with van der Waals surface area (Å²) in [7, 11) is 0. The van der Waals surface area contributed by atoms with Gasteiger partial charge in [-0.1, -0.05) is 24.3 Å². The van der Waals surface area contributed by atoms with Crippen LogP contribution >= 0.6 is 0 Å². The molecule has 0 aliphatic heterocycles. The van der Waals surface area contributed by atoms with Crippen molar-refractivity contribution in [2.24, 2.45) is 0 Å². The number of para-hydroxylation sites is 4. The molecule has 0 spiro atoms. The third-order valence-corrected chi connectivity index (χ3v) is 3.35. The van der Waals surface area contributed by atoms with E-state index in [1.165, 1.54) is 0 Å². The minimum atomic E-state index is 0.795. The van der Waals surface area contributed by atoms with Crippen LogP contribution in [0.3, 0.4) is 0 Å². The Bertz CT molecular complexity index is 718. The SMILES string of the molecule is c1ccc2[nH+]c(Cc3[nH]c4ccccc4[nH+]3)[nH]c2c1. The number of aromatic nitrogens is 4. The largest absolute Gasteiger partial charge is 0.265 e. The molecule has 0 radical (unpaired) electrons. The summed E-state index contributed by atoms with van der Waals surface area (Å²) in [6, 6.07) is 16.4. The average Bonchev–Trinajstić information content (AvgIpc) is 3.00. The molecule has 4 rings (SSSR count). The number of rotatable bonds is 2. The maximum atomic E-state index is 3.39. The van der Waals surface area contributed by atoms with Gasteiger partial charge in [-0.05, 0) is 24.3 Å². The molecular weight excluding hydrogens is 236 g/mol. The molecule has 0 unspecified atom stereocenters. The van der Waals surface area contributed by atoms with Gasteiger partial charge in [0.25, 0.3) is 11.6 Å². The summed E-state index contributed by atoms with van der Waals surface area (Å²) in [4.78, 5) is 13.6. The van der Waals surface area contributed by atoms with Gasteiger partial charge >= 0.3 is 0 Å². The molecule has 4 aromatic rings. The van der Waals surface area contributed by atoms with Gasteiger partial charge in [0.2, 0.25) is 0 Å². The average molecular weight is 250 g/mol. The Morgan fingerprint density at radius 3 is 1.63 bits per heavy atom. The molecule has 0 atom stereocenters. The lowest BCUT2D eigenvalue weighted by Gasteiger charge is -1.80. The second-order valence-corrected chi connectivity index (χ2v) is 4.73. The van der Waals surface area contributed by atoms with Crippen LogP contribution in [0, 0.1) is 0 Å². The molecule has 0 saturated heterocycles. The molecule has 0 saturated carbocycles. The number of hydrogen-bond acceptors (Lipinski definition) is 0. The van der Waals surface area contributed by atoms with E-state index in [9.17, 15) is 0 Å². The van der Waals surface area contributed by atoms with Crippen LogP contribution in [-0.4, -0.2) is 9.97 Å². The molecule has 0 bridgehead atoms. The van der Waals surface area contributed by atoms with Gasteiger partial charge in [-0.3, -0.25) is 0 Å². The highest BCUT2D eigenvalue weighted by atomic mass is 15.0. The standard InChI is InChI=1S/C15H12N4/c1-2-6-11-10(5-1)16-14(17-11)9-15-18-12-7-3-4-8-13(12)19-15/h1-8H,9H2,(H,16,17)(H,18,19)/p+2. The highest BCUT2D eigenvalue weighted by Crippen LogP contribution is 2.10.